The van der Waals surface area contributed by atoms with Crippen molar-refractivity contribution in [2.24, 2.45) is 5.92 Å². The molecule has 0 atom stereocenters. The van der Waals surface area contributed by atoms with Gasteiger partial charge in [-0.05, 0) is 25.2 Å². The molecule has 0 radical (unpaired) electrons. The molecule has 0 aromatic carbocycles. The van der Waals surface area contributed by atoms with Crippen molar-refractivity contribution in [3.63, 3.8) is 0 Å². The summed E-state index contributed by atoms with van der Waals surface area (Å²) in [5.41, 5.74) is 0.581. The number of carbonyl (C=O) groups excluding carboxylic acids is 1. The highest BCUT2D eigenvalue weighted by molar-refractivity contribution is 5.87. The van der Waals surface area contributed by atoms with Crippen molar-refractivity contribution in [2.75, 3.05) is 6.61 Å². The third-order valence-electron chi connectivity index (χ3n) is 2.64. The van der Waals surface area contributed by atoms with Crippen LogP contribution in [0.4, 0.5) is 0 Å². The standard InChI is InChI=1S/C11H18O2/c1-3-9(2)11(12)13-8-10-6-4-5-7-10/h10H,2-8H2,1H3. The molecule has 0 spiro atoms. The maximum atomic E-state index is 11.2. The normalized spacial score (nSPS) is 17.3. The molecule has 0 bridgehead atoms. The molecule has 1 rings (SSSR count). The molecule has 1 aliphatic rings. The van der Waals surface area contributed by atoms with Gasteiger partial charge in [0.2, 0.25) is 0 Å². The minimum Gasteiger partial charge on any atom is -0.462 e. The van der Waals surface area contributed by atoms with Crippen molar-refractivity contribution in [3.05, 3.63) is 12.2 Å². The second kappa shape index (κ2) is 5.05. The Kier molecular flexibility index (Phi) is 4.00. The first-order valence-electron chi connectivity index (χ1n) is 5.09. The predicted molar refractivity (Wildman–Crippen MR) is 52.3 cm³/mol. The van der Waals surface area contributed by atoms with Crippen molar-refractivity contribution in [1.82, 2.24) is 0 Å². The zero-order valence-electron chi connectivity index (χ0n) is 8.34. The number of hydrogen-bond donors (Lipinski definition) is 0. The van der Waals surface area contributed by atoms with Gasteiger partial charge in [-0.2, -0.15) is 0 Å². The zero-order valence-corrected chi connectivity index (χ0v) is 8.34. The summed E-state index contributed by atoms with van der Waals surface area (Å²) < 4.78 is 5.14. The quantitative estimate of drug-likeness (QED) is 0.493. The van der Waals surface area contributed by atoms with E-state index in [-0.39, 0.29) is 5.97 Å². The van der Waals surface area contributed by atoms with E-state index in [0.717, 1.165) is 0 Å². The SMILES string of the molecule is C=C(CC)C(=O)OCC1CCCC1. The molecule has 0 aromatic rings. The maximum Gasteiger partial charge on any atom is 0.333 e. The van der Waals surface area contributed by atoms with Gasteiger partial charge in [0.1, 0.15) is 0 Å². The Hall–Kier alpha value is -0.790. The van der Waals surface area contributed by atoms with Crippen LogP contribution in [0.2, 0.25) is 0 Å². The van der Waals surface area contributed by atoms with Crippen LogP contribution in [0.5, 0.6) is 0 Å². The molecule has 1 saturated carbocycles. The first kappa shape index (κ1) is 10.3. The highest BCUT2D eigenvalue weighted by atomic mass is 16.5. The number of esters is 1. The number of ether oxygens (including phenoxy) is 1. The highest BCUT2D eigenvalue weighted by Crippen LogP contribution is 2.24. The van der Waals surface area contributed by atoms with Crippen LogP contribution in [0, 0.1) is 5.92 Å². The third kappa shape index (κ3) is 3.21. The summed E-state index contributed by atoms with van der Waals surface area (Å²) in [6, 6.07) is 0. The van der Waals surface area contributed by atoms with Crippen molar-refractivity contribution in [1.29, 1.82) is 0 Å². The summed E-state index contributed by atoms with van der Waals surface area (Å²) in [6.45, 7) is 6.15. The molecular formula is C11H18O2. The third-order valence-corrected chi connectivity index (χ3v) is 2.64. The van der Waals surface area contributed by atoms with Gasteiger partial charge in [0.05, 0.1) is 6.61 Å². The average molecular weight is 182 g/mol. The van der Waals surface area contributed by atoms with Gasteiger partial charge in [0.15, 0.2) is 0 Å². The molecule has 13 heavy (non-hydrogen) atoms. The molecule has 0 unspecified atom stereocenters. The van der Waals surface area contributed by atoms with Gasteiger partial charge in [-0.15, -0.1) is 0 Å². The lowest BCUT2D eigenvalue weighted by atomic mass is 10.1. The van der Waals surface area contributed by atoms with Crippen LogP contribution in [-0.4, -0.2) is 12.6 Å². The highest BCUT2D eigenvalue weighted by Gasteiger charge is 2.17. The minimum atomic E-state index is -0.214. The van der Waals surface area contributed by atoms with Gasteiger partial charge >= 0.3 is 5.97 Å². The molecule has 0 saturated heterocycles. The average Bonchev–Trinajstić information content (AvgIpc) is 2.65. The van der Waals surface area contributed by atoms with Gasteiger partial charge in [0, 0.05) is 5.57 Å². The fourth-order valence-electron chi connectivity index (χ4n) is 1.62. The lowest BCUT2D eigenvalue weighted by Gasteiger charge is -2.10. The van der Waals surface area contributed by atoms with E-state index in [4.69, 9.17) is 4.74 Å². The van der Waals surface area contributed by atoms with Gasteiger partial charge in [-0.3, -0.25) is 0 Å². The van der Waals surface area contributed by atoms with E-state index in [1.807, 2.05) is 6.92 Å². The van der Waals surface area contributed by atoms with E-state index in [2.05, 4.69) is 6.58 Å². The molecule has 0 N–H and O–H groups in total. The Balaban J connectivity index is 2.17. The monoisotopic (exact) mass is 182 g/mol. The lowest BCUT2D eigenvalue weighted by molar-refractivity contribution is -0.140. The Labute approximate surface area is 80.0 Å². The summed E-state index contributed by atoms with van der Waals surface area (Å²) in [4.78, 5) is 11.2. The molecule has 0 aliphatic heterocycles. The summed E-state index contributed by atoms with van der Waals surface area (Å²) in [5, 5.41) is 0. The molecule has 2 nitrogen and oxygen atoms in total. The second-order valence-electron chi connectivity index (χ2n) is 3.71. The molecule has 0 heterocycles. The van der Waals surface area contributed by atoms with Crippen molar-refractivity contribution < 1.29 is 9.53 Å². The van der Waals surface area contributed by atoms with E-state index in [1.165, 1.54) is 25.7 Å². The van der Waals surface area contributed by atoms with Crippen LogP contribution in [0.15, 0.2) is 12.2 Å². The topological polar surface area (TPSA) is 26.3 Å². The molecule has 0 aromatic heterocycles. The Morgan fingerprint density at radius 2 is 2.08 bits per heavy atom. The maximum absolute atomic E-state index is 11.2. The molecule has 74 valence electrons. The van der Waals surface area contributed by atoms with E-state index in [0.29, 0.717) is 24.5 Å². The van der Waals surface area contributed by atoms with Crippen molar-refractivity contribution >= 4 is 5.97 Å². The zero-order chi connectivity index (χ0) is 9.68. The van der Waals surface area contributed by atoms with Crippen LogP contribution in [-0.2, 0) is 9.53 Å². The van der Waals surface area contributed by atoms with E-state index in [9.17, 15) is 4.79 Å². The molecule has 2 heteroatoms. The Bertz CT molecular complexity index is 190. The van der Waals surface area contributed by atoms with E-state index < -0.39 is 0 Å². The first-order valence-corrected chi connectivity index (χ1v) is 5.09. The van der Waals surface area contributed by atoms with Crippen LogP contribution < -0.4 is 0 Å². The van der Waals surface area contributed by atoms with Crippen LogP contribution >= 0.6 is 0 Å². The van der Waals surface area contributed by atoms with Gasteiger partial charge in [-0.1, -0.05) is 26.3 Å². The summed E-state index contributed by atoms with van der Waals surface area (Å²) >= 11 is 0. The summed E-state index contributed by atoms with van der Waals surface area (Å²) in [6.07, 6.45) is 5.69. The van der Waals surface area contributed by atoms with Crippen LogP contribution in [0.1, 0.15) is 39.0 Å². The van der Waals surface area contributed by atoms with Crippen molar-refractivity contribution in [3.8, 4) is 0 Å². The second-order valence-corrected chi connectivity index (χ2v) is 3.71. The number of carbonyl (C=O) groups is 1. The molecule has 1 aliphatic carbocycles. The fraction of sp³-hybridized carbons (Fsp3) is 0.727. The first-order chi connectivity index (χ1) is 6.24. The summed E-state index contributed by atoms with van der Waals surface area (Å²) in [5.74, 6) is 0.392. The largest absolute Gasteiger partial charge is 0.462 e. The Morgan fingerprint density at radius 1 is 1.46 bits per heavy atom. The van der Waals surface area contributed by atoms with Gasteiger partial charge < -0.3 is 4.74 Å². The number of rotatable bonds is 4. The Morgan fingerprint density at radius 3 is 2.62 bits per heavy atom. The lowest BCUT2D eigenvalue weighted by Crippen LogP contribution is -2.12. The van der Waals surface area contributed by atoms with E-state index in [1.54, 1.807) is 0 Å². The van der Waals surface area contributed by atoms with Crippen LogP contribution in [0.3, 0.4) is 0 Å². The van der Waals surface area contributed by atoms with Gasteiger partial charge in [-0.25, -0.2) is 4.79 Å². The predicted octanol–water partition coefficient (Wildman–Crippen LogP) is 2.69. The molecule has 1 fully saturated rings. The fourth-order valence-corrected chi connectivity index (χ4v) is 1.62. The van der Waals surface area contributed by atoms with Crippen LogP contribution in [0.25, 0.3) is 0 Å². The van der Waals surface area contributed by atoms with Gasteiger partial charge in [0.25, 0.3) is 0 Å². The smallest absolute Gasteiger partial charge is 0.333 e. The number of hydrogen-bond acceptors (Lipinski definition) is 2. The van der Waals surface area contributed by atoms with Crippen molar-refractivity contribution in [2.45, 2.75) is 39.0 Å². The molecular weight excluding hydrogens is 164 g/mol. The summed E-state index contributed by atoms with van der Waals surface area (Å²) in [7, 11) is 0. The van der Waals surface area contributed by atoms with E-state index >= 15 is 0 Å². The minimum absolute atomic E-state index is 0.214. The molecule has 0 amide bonds.